The third kappa shape index (κ3) is 2.18. The molecule has 3 rings (SSSR count). The molecule has 0 aliphatic carbocycles. The lowest BCUT2D eigenvalue weighted by atomic mass is 9.99. The van der Waals surface area contributed by atoms with E-state index >= 15 is 0 Å². The predicted molar refractivity (Wildman–Crippen MR) is 69.5 cm³/mol. The first-order valence-electron chi connectivity index (χ1n) is 6.09. The van der Waals surface area contributed by atoms with Gasteiger partial charge in [0.05, 0.1) is 26.4 Å². The smallest absolute Gasteiger partial charge is 0.237 e. The van der Waals surface area contributed by atoms with Gasteiger partial charge in [0.1, 0.15) is 5.69 Å². The van der Waals surface area contributed by atoms with E-state index in [0.29, 0.717) is 24.8 Å². The Kier molecular flexibility index (Phi) is 3.15. The molecule has 98 valence electrons. The zero-order valence-electron chi connectivity index (χ0n) is 10.7. The number of hydrogen-bond donors (Lipinski definition) is 1. The van der Waals surface area contributed by atoms with Crippen LogP contribution in [0.4, 0.5) is 0 Å². The van der Waals surface area contributed by atoms with Gasteiger partial charge in [0.2, 0.25) is 5.88 Å². The average molecular weight is 257 g/mol. The van der Waals surface area contributed by atoms with Crippen LogP contribution in [0, 0.1) is 0 Å². The summed E-state index contributed by atoms with van der Waals surface area (Å²) in [5, 5.41) is 0. The van der Waals surface area contributed by atoms with Gasteiger partial charge in [-0.25, -0.2) is 4.98 Å². The Hall–Kier alpha value is -1.98. The van der Waals surface area contributed by atoms with E-state index in [-0.39, 0.29) is 6.04 Å². The minimum absolute atomic E-state index is 0.352. The molecule has 2 aromatic rings. The van der Waals surface area contributed by atoms with Crippen LogP contribution in [0.3, 0.4) is 0 Å². The average Bonchev–Trinajstić information content (AvgIpc) is 2.93. The fraction of sp³-hybridized carbons (Fsp3) is 0.286. The zero-order valence-corrected chi connectivity index (χ0v) is 10.7. The van der Waals surface area contributed by atoms with E-state index in [9.17, 15) is 0 Å². The lowest BCUT2D eigenvalue weighted by molar-refractivity contribution is 0.134. The van der Waals surface area contributed by atoms with Gasteiger partial charge in [-0.2, -0.15) is 0 Å². The van der Waals surface area contributed by atoms with E-state index < -0.39 is 0 Å². The van der Waals surface area contributed by atoms with E-state index in [2.05, 4.69) is 22.1 Å². The Morgan fingerprint density at radius 1 is 1.21 bits per heavy atom. The number of methoxy groups -OCH3 is 1. The highest BCUT2D eigenvalue weighted by Crippen LogP contribution is 2.28. The first-order valence-corrected chi connectivity index (χ1v) is 6.09. The van der Waals surface area contributed by atoms with Crippen LogP contribution >= 0.6 is 0 Å². The summed E-state index contributed by atoms with van der Waals surface area (Å²) in [4.78, 5) is 8.40. The van der Waals surface area contributed by atoms with E-state index in [1.807, 2.05) is 6.07 Å². The Labute approximate surface area is 111 Å². The van der Waals surface area contributed by atoms with E-state index in [4.69, 9.17) is 15.2 Å². The quantitative estimate of drug-likeness (QED) is 0.903. The monoisotopic (exact) mass is 257 g/mol. The molecule has 0 bridgehead atoms. The lowest BCUT2D eigenvalue weighted by Crippen LogP contribution is -2.15. The molecule has 5 heteroatoms. The number of fused-ring (bicyclic) bond motifs is 1. The molecule has 1 aliphatic heterocycles. The molecule has 1 aromatic carbocycles. The van der Waals surface area contributed by atoms with Crippen molar-refractivity contribution in [3.8, 4) is 5.88 Å². The standard InChI is InChI=1S/C14H15N3O2/c1-18-14-13(16-4-5-17-14)12(15)9-2-3-10-7-19-8-11(10)6-9/h2-6,12H,7-8,15H2,1H3. The van der Waals surface area contributed by atoms with Crippen molar-refractivity contribution < 1.29 is 9.47 Å². The highest BCUT2D eigenvalue weighted by molar-refractivity contribution is 5.38. The molecule has 2 heterocycles. The largest absolute Gasteiger partial charge is 0.480 e. The number of nitrogens with zero attached hydrogens (tertiary/aromatic N) is 2. The van der Waals surface area contributed by atoms with Gasteiger partial charge in [-0.15, -0.1) is 0 Å². The zero-order chi connectivity index (χ0) is 13.2. The van der Waals surface area contributed by atoms with Crippen LogP contribution in [0.1, 0.15) is 28.4 Å². The molecule has 1 aromatic heterocycles. The third-order valence-electron chi connectivity index (χ3n) is 3.28. The summed E-state index contributed by atoms with van der Waals surface area (Å²) >= 11 is 0. The summed E-state index contributed by atoms with van der Waals surface area (Å²) in [6.45, 7) is 1.33. The molecule has 5 nitrogen and oxygen atoms in total. The second-order valence-electron chi connectivity index (χ2n) is 4.45. The van der Waals surface area contributed by atoms with Gasteiger partial charge in [0, 0.05) is 12.4 Å². The van der Waals surface area contributed by atoms with Gasteiger partial charge < -0.3 is 15.2 Å². The number of hydrogen-bond acceptors (Lipinski definition) is 5. The molecule has 0 spiro atoms. The van der Waals surface area contributed by atoms with Crippen LogP contribution in [-0.4, -0.2) is 17.1 Å². The Balaban J connectivity index is 1.97. The van der Waals surface area contributed by atoms with Crippen molar-refractivity contribution >= 4 is 0 Å². The number of rotatable bonds is 3. The summed E-state index contributed by atoms with van der Waals surface area (Å²) in [6.07, 6.45) is 3.21. The summed E-state index contributed by atoms with van der Waals surface area (Å²) in [6, 6.07) is 5.78. The Morgan fingerprint density at radius 3 is 2.84 bits per heavy atom. The highest BCUT2D eigenvalue weighted by atomic mass is 16.5. The van der Waals surface area contributed by atoms with Crippen molar-refractivity contribution in [3.63, 3.8) is 0 Å². The van der Waals surface area contributed by atoms with Gasteiger partial charge in [0.25, 0.3) is 0 Å². The number of aromatic nitrogens is 2. The van der Waals surface area contributed by atoms with Gasteiger partial charge in [0.15, 0.2) is 0 Å². The highest BCUT2D eigenvalue weighted by Gasteiger charge is 2.19. The maximum atomic E-state index is 6.26. The number of benzene rings is 1. The van der Waals surface area contributed by atoms with E-state index in [1.54, 1.807) is 19.5 Å². The molecular weight excluding hydrogens is 242 g/mol. The molecule has 0 amide bonds. The molecule has 0 radical (unpaired) electrons. The lowest BCUT2D eigenvalue weighted by Gasteiger charge is -2.14. The van der Waals surface area contributed by atoms with E-state index in [1.165, 1.54) is 11.1 Å². The van der Waals surface area contributed by atoms with Crippen LogP contribution < -0.4 is 10.5 Å². The summed E-state index contributed by atoms with van der Waals surface area (Å²) in [5.74, 6) is 0.465. The second-order valence-corrected chi connectivity index (χ2v) is 4.45. The molecule has 1 aliphatic rings. The first kappa shape index (κ1) is 12.1. The number of ether oxygens (including phenoxy) is 2. The summed E-state index contributed by atoms with van der Waals surface area (Å²) in [7, 11) is 1.57. The number of nitrogens with two attached hydrogens (primary N) is 1. The van der Waals surface area contributed by atoms with Crippen LogP contribution in [0.2, 0.25) is 0 Å². The minimum Gasteiger partial charge on any atom is -0.480 e. The predicted octanol–water partition coefficient (Wildman–Crippen LogP) is 1.56. The minimum atomic E-state index is -0.352. The summed E-state index contributed by atoms with van der Waals surface area (Å²) in [5.41, 5.74) is 10.3. The van der Waals surface area contributed by atoms with E-state index in [0.717, 1.165) is 5.56 Å². The molecular formula is C14H15N3O2. The molecule has 1 atom stereocenters. The normalized spacial score (nSPS) is 15.1. The summed E-state index contributed by atoms with van der Waals surface area (Å²) < 4.78 is 10.6. The van der Waals surface area contributed by atoms with Gasteiger partial charge in [-0.3, -0.25) is 4.98 Å². The van der Waals surface area contributed by atoms with Crippen molar-refractivity contribution in [3.05, 3.63) is 53.0 Å². The maximum Gasteiger partial charge on any atom is 0.237 e. The second kappa shape index (κ2) is 4.95. The third-order valence-corrected chi connectivity index (χ3v) is 3.28. The fourth-order valence-electron chi connectivity index (χ4n) is 2.25. The van der Waals surface area contributed by atoms with Crippen LogP contribution in [0.5, 0.6) is 5.88 Å². The van der Waals surface area contributed by atoms with Crippen molar-refractivity contribution in [2.45, 2.75) is 19.3 Å². The van der Waals surface area contributed by atoms with Crippen molar-refractivity contribution in [1.29, 1.82) is 0 Å². The molecule has 0 saturated heterocycles. The van der Waals surface area contributed by atoms with Gasteiger partial charge in [-0.05, 0) is 16.7 Å². The van der Waals surface area contributed by atoms with Crippen molar-refractivity contribution in [2.24, 2.45) is 5.73 Å². The topological polar surface area (TPSA) is 70.3 Å². The van der Waals surface area contributed by atoms with Crippen molar-refractivity contribution in [1.82, 2.24) is 9.97 Å². The van der Waals surface area contributed by atoms with Crippen molar-refractivity contribution in [2.75, 3.05) is 7.11 Å². The molecule has 19 heavy (non-hydrogen) atoms. The van der Waals surface area contributed by atoms with Crippen LogP contribution in [0.15, 0.2) is 30.6 Å². The Morgan fingerprint density at radius 2 is 2.00 bits per heavy atom. The molecule has 1 unspecified atom stereocenters. The Bertz CT molecular complexity index is 601. The molecule has 2 N–H and O–H groups in total. The van der Waals surface area contributed by atoms with Gasteiger partial charge in [-0.1, -0.05) is 18.2 Å². The van der Waals surface area contributed by atoms with Crippen LogP contribution in [-0.2, 0) is 18.0 Å². The maximum absolute atomic E-state index is 6.26. The van der Waals surface area contributed by atoms with Crippen LogP contribution in [0.25, 0.3) is 0 Å². The molecule has 0 fully saturated rings. The molecule has 0 saturated carbocycles. The SMILES string of the molecule is COc1nccnc1C(N)c1ccc2c(c1)COC2. The fourth-order valence-corrected chi connectivity index (χ4v) is 2.25. The first-order chi connectivity index (χ1) is 9.29. The van der Waals surface area contributed by atoms with Gasteiger partial charge >= 0.3 is 0 Å².